The number of furan rings is 1. The molecular weight excluding hydrogens is 928 g/mol. The van der Waals surface area contributed by atoms with Crippen molar-refractivity contribution in [3.8, 4) is 33.4 Å². The fourth-order valence-corrected chi connectivity index (χ4v) is 14.6. The normalized spacial score (nSPS) is 15.4. The first kappa shape index (κ1) is 44.6. The van der Waals surface area contributed by atoms with Gasteiger partial charge in [-0.15, -0.1) is 11.3 Å². The highest BCUT2D eigenvalue weighted by molar-refractivity contribution is 7.26. The summed E-state index contributed by atoms with van der Waals surface area (Å²) in [6, 6.07) is 73.4. The maximum Gasteiger partial charge on any atom is 0.376 e. The first-order valence-electron chi connectivity index (χ1n) is 26.8. The van der Waals surface area contributed by atoms with Crippen LogP contribution in [0.4, 0.5) is 28.4 Å². The lowest BCUT2D eigenvalue weighted by atomic mass is 9.45. The Hall–Kier alpha value is -7.86. The van der Waals surface area contributed by atoms with Crippen LogP contribution in [-0.2, 0) is 16.2 Å². The molecule has 0 unspecified atom stereocenters. The van der Waals surface area contributed by atoms with Crippen molar-refractivity contribution in [3.63, 3.8) is 0 Å². The van der Waals surface area contributed by atoms with Gasteiger partial charge in [0.05, 0.1) is 21.8 Å². The molecule has 0 spiro atoms. The van der Waals surface area contributed by atoms with E-state index >= 15 is 0 Å². The number of anilines is 5. The van der Waals surface area contributed by atoms with Gasteiger partial charge in [-0.1, -0.05) is 188 Å². The average Bonchev–Trinajstić information content (AvgIpc) is 3.99. The van der Waals surface area contributed by atoms with Gasteiger partial charge >= 0.3 is 6.85 Å². The van der Waals surface area contributed by atoms with Crippen LogP contribution in [0.1, 0.15) is 78.0 Å². The van der Waals surface area contributed by atoms with Crippen molar-refractivity contribution >= 4 is 110 Å². The highest BCUT2D eigenvalue weighted by Gasteiger charge is 2.51. The van der Waals surface area contributed by atoms with Gasteiger partial charge in [0.1, 0.15) is 11.2 Å². The molecule has 0 radical (unpaired) electrons. The zero-order valence-corrected chi connectivity index (χ0v) is 44.5. The summed E-state index contributed by atoms with van der Waals surface area (Å²) in [6.07, 6.45) is 2.25. The van der Waals surface area contributed by atoms with Crippen molar-refractivity contribution < 1.29 is 4.42 Å². The summed E-state index contributed by atoms with van der Waals surface area (Å²) >= 11 is 1.92. The minimum absolute atomic E-state index is 0.00293. The van der Waals surface area contributed by atoms with Crippen molar-refractivity contribution in [2.45, 2.75) is 77.6 Å². The summed E-state index contributed by atoms with van der Waals surface area (Å²) in [6.45, 7) is 16.4. The number of hydrogen-bond donors (Lipinski definition) is 0. The Morgan fingerprint density at radius 2 is 1.15 bits per heavy atom. The van der Waals surface area contributed by atoms with Gasteiger partial charge in [-0.2, -0.15) is 0 Å². The Kier molecular flexibility index (Phi) is 9.42. The Balaban J connectivity index is 1.12. The Morgan fingerprint density at radius 1 is 0.507 bits per heavy atom. The predicted molar refractivity (Wildman–Crippen MR) is 323 cm³/mol. The molecule has 3 nitrogen and oxygen atoms in total. The number of hydrogen-bond acceptors (Lipinski definition) is 4. The van der Waals surface area contributed by atoms with Crippen LogP contribution in [0.5, 0.6) is 0 Å². The second kappa shape index (κ2) is 15.8. The SMILES string of the molecule is CC(C)(C)c1ccc(N2c3cc4ccccc4c4c3B(c3oc5cc6c(cc5c32)C(C)(C)CCC6(C)C)N(c2ccc(-c3ccccc3)cc2)c2c-4ccc3c2sc2cc4ccccc4cc23)c(-c2ccccc2)c1. The van der Waals surface area contributed by atoms with E-state index in [1.165, 1.54) is 109 Å². The van der Waals surface area contributed by atoms with E-state index in [1.54, 1.807) is 0 Å². The van der Waals surface area contributed by atoms with Crippen molar-refractivity contribution in [2.24, 2.45) is 0 Å². The number of fused-ring (bicyclic) bond motifs is 14. The predicted octanol–water partition coefficient (Wildman–Crippen LogP) is 18.8. The fraction of sp³-hybridized carbons (Fsp3) is 0.171. The number of rotatable bonds is 4. The third-order valence-corrected chi connectivity index (χ3v) is 18.6. The fourth-order valence-electron chi connectivity index (χ4n) is 13.3. The van der Waals surface area contributed by atoms with Gasteiger partial charge in [0.2, 0.25) is 0 Å². The van der Waals surface area contributed by atoms with E-state index < -0.39 is 0 Å². The quantitative estimate of drug-likeness (QED) is 0.164. The van der Waals surface area contributed by atoms with Crippen LogP contribution >= 0.6 is 11.3 Å². The molecule has 0 fully saturated rings. The van der Waals surface area contributed by atoms with Crippen LogP contribution in [-0.4, -0.2) is 6.85 Å². The second-order valence-corrected chi connectivity index (χ2v) is 24.9. The molecule has 0 N–H and O–H groups in total. The summed E-state index contributed by atoms with van der Waals surface area (Å²) in [5.41, 5.74) is 20.3. The van der Waals surface area contributed by atoms with E-state index in [2.05, 4.69) is 252 Å². The number of benzene rings is 10. The van der Waals surface area contributed by atoms with Crippen LogP contribution in [0.25, 0.3) is 86.1 Å². The molecule has 2 aliphatic heterocycles. The molecule has 12 aromatic rings. The van der Waals surface area contributed by atoms with Gasteiger partial charge < -0.3 is 14.1 Å². The zero-order chi connectivity index (χ0) is 50.7. The Bertz CT molecular complexity index is 4350. The molecule has 0 saturated heterocycles. The number of nitrogens with zero attached hydrogens (tertiary/aromatic N) is 2. The Morgan fingerprint density at radius 3 is 1.87 bits per heavy atom. The molecule has 10 aromatic carbocycles. The molecule has 0 atom stereocenters. The molecule has 0 bridgehead atoms. The van der Waals surface area contributed by atoms with Crippen molar-refractivity contribution in [1.29, 1.82) is 0 Å². The molecule has 362 valence electrons. The first-order valence-corrected chi connectivity index (χ1v) is 27.6. The summed E-state index contributed by atoms with van der Waals surface area (Å²) in [4.78, 5) is 5.30. The van der Waals surface area contributed by atoms with Crippen molar-refractivity contribution in [1.82, 2.24) is 0 Å². The van der Waals surface area contributed by atoms with E-state index in [1.807, 2.05) is 11.3 Å². The monoisotopic (exact) mass is 984 g/mol. The number of thiophene rings is 1. The maximum atomic E-state index is 7.86. The smallest absolute Gasteiger partial charge is 0.376 e. The minimum Gasteiger partial charge on any atom is -0.466 e. The standard InChI is InChI=1S/C70H57BN2OS/c1-68(2,3)48-28-33-58(53(39-48)44-20-12-9-13-21-44)72-59-37-47-24-16-17-25-50(47)62-52-32-31-51-54-36-45-22-14-15-23-46(45)38-61(54)75-66(51)64(52)73(49-29-26-43(27-30-49)42-18-10-8-11-19-42)71(63(59)62)67-65(72)55-40-56-57(41-60(55)74-67)70(6,7)35-34-69(56,4)5/h8-33,36-41H,34-35H2,1-7H3. The lowest BCUT2D eigenvalue weighted by Gasteiger charge is -2.45. The minimum atomic E-state index is -0.324. The zero-order valence-electron chi connectivity index (χ0n) is 43.7. The lowest BCUT2D eigenvalue weighted by molar-refractivity contribution is 0.332. The highest BCUT2D eigenvalue weighted by atomic mass is 32.1. The lowest BCUT2D eigenvalue weighted by Crippen LogP contribution is -2.61. The first-order chi connectivity index (χ1) is 36.3. The van der Waals surface area contributed by atoms with Gasteiger partial charge in [0, 0.05) is 43.4 Å². The summed E-state index contributed by atoms with van der Waals surface area (Å²) in [5, 5.41) is 8.72. The van der Waals surface area contributed by atoms with E-state index in [-0.39, 0.29) is 23.1 Å². The van der Waals surface area contributed by atoms with E-state index in [9.17, 15) is 0 Å². The highest BCUT2D eigenvalue weighted by Crippen LogP contribution is 2.57. The summed E-state index contributed by atoms with van der Waals surface area (Å²) in [7, 11) is 0. The third kappa shape index (κ3) is 6.59. The summed E-state index contributed by atoms with van der Waals surface area (Å²) < 4.78 is 10.4. The molecule has 4 heterocycles. The molecule has 75 heavy (non-hydrogen) atoms. The molecule has 15 rings (SSSR count). The molecule has 5 heteroatoms. The molecule has 3 aliphatic rings. The Labute approximate surface area is 443 Å². The van der Waals surface area contributed by atoms with E-state index in [0.29, 0.717) is 0 Å². The van der Waals surface area contributed by atoms with Gasteiger partial charge in [-0.3, -0.25) is 0 Å². The van der Waals surface area contributed by atoms with Crippen LogP contribution in [0, 0.1) is 0 Å². The van der Waals surface area contributed by atoms with E-state index in [0.717, 1.165) is 46.5 Å². The van der Waals surface area contributed by atoms with Crippen LogP contribution in [0.3, 0.4) is 0 Å². The van der Waals surface area contributed by atoms with Gasteiger partial charge in [-0.05, 0) is 150 Å². The van der Waals surface area contributed by atoms with Crippen LogP contribution < -0.4 is 20.8 Å². The topological polar surface area (TPSA) is 19.6 Å². The van der Waals surface area contributed by atoms with Gasteiger partial charge in [-0.25, -0.2) is 0 Å². The largest absolute Gasteiger partial charge is 0.466 e. The van der Waals surface area contributed by atoms with Gasteiger partial charge in [0.25, 0.3) is 0 Å². The molecule has 0 amide bonds. The third-order valence-electron chi connectivity index (χ3n) is 17.4. The molecule has 0 saturated carbocycles. The van der Waals surface area contributed by atoms with Crippen LogP contribution in [0.15, 0.2) is 199 Å². The van der Waals surface area contributed by atoms with E-state index in [4.69, 9.17) is 4.42 Å². The summed E-state index contributed by atoms with van der Waals surface area (Å²) in [5.74, 6) is 0. The van der Waals surface area contributed by atoms with Gasteiger partial charge in [0.15, 0.2) is 0 Å². The van der Waals surface area contributed by atoms with Crippen molar-refractivity contribution in [2.75, 3.05) is 9.71 Å². The molecular formula is C70H57BN2OS. The average molecular weight is 985 g/mol. The molecule has 2 aromatic heterocycles. The van der Waals surface area contributed by atoms with Crippen molar-refractivity contribution in [3.05, 3.63) is 211 Å². The maximum absolute atomic E-state index is 7.86. The molecule has 1 aliphatic carbocycles. The second-order valence-electron chi connectivity index (χ2n) is 23.9. The van der Waals surface area contributed by atoms with Crippen LogP contribution in [0.2, 0.25) is 0 Å².